The fraction of sp³-hybridized carbons (Fsp3) is 0.444. The Kier molecular flexibility index (Phi) is 5.22. The molecule has 15 heavy (non-hydrogen) atoms. The second kappa shape index (κ2) is 5.75. The van der Waals surface area contributed by atoms with Crippen LogP contribution in [0.15, 0.2) is 17.2 Å². The van der Waals surface area contributed by atoms with Gasteiger partial charge in [-0.3, -0.25) is 0 Å². The van der Waals surface area contributed by atoms with Gasteiger partial charge in [-0.15, -0.1) is 12.6 Å². The summed E-state index contributed by atoms with van der Waals surface area (Å²) in [7, 11) is 0. The van der Waals surface area contributed by atoms with Crippen LogP contribution in [-0.2, 0) is 0 Å². The Hall–Kier alpha value is 0.550. The van der Waals surface area contributed by atoms with E-state index in [1.165, 1.54) is 0 Å². The molecule has 0 amide bonds. The number of hydrogen-bond acceptors (Lipinski definition) is 4. The summed E-state index contributed by atoms with van der Waals surface area (Å²) < 4.78 is 0. The molecule has 1 saturated heterocycles. The van der Waals surface area contributed by atoms with Gasteiger partial charge in [0.1, 0.15) is 5.82 Å². The van der Waals surface area contributed by atoms with Crippen LogP contribution in [0.1, 0.15) is 6.42 Å². The molecule has 1 N–H and O–H groups in total. The Balaban J connectivity index is 0.00000112. The standard InChI is InChI=1S/C9H11ClN2OS.Na.H/c10-8-7(14)1-3-11-9(8)12-4-2-6(13)5-12;;/h1,3,6,13H,2,4-5H2,(H,11,14);;/t6-;;/m0../s1. The van der Waals surface area contributed by atoms with Crippen molar-refractivity contribution in [2.75, 3.05) is 18.0 Å². The van der Waals surface area contributed by atoms with Crippen molar-refractivity contribution in [3.63, 3.8) is 0 Å². The van der Waals surface area contributed by atoms with E-state index in [0.29, 0.717) is 11.6 Å². The van der Waals surface area contributed by atoms with Crippen LogP contribution < -0.4 is 4.90 Å². The Morgan fingerprint density at radius 2 is 2.33 bits per heavy atom. The first-order valence-corrected chi connectivity index (χ1v) is 5.27. The summed E-state index contributed by atoms with van der Waals surface area (Å²) in [6.07, 6.45) is 2.18. The quantitative estimate of drug-likeness (QED) is 0.579. The number of hydrogen-bond donors (Lipinski definition) is 2. The predicted molar refractivity (Wildman–Crippen MR) is 66.5 cm³/mol. The van der Waals surface area contributed by atoms with Crippen molar-refractivity contribution in [1.29, 1.82) is 0 Å². The van der Waals surface area contributed by atoms with Gasteiger partial charge in [0.05, 0.1) is 11.1 Å². The van der Waals surface area contributed by atoms with Crippen molar-refractivity contribution in [2.24, 2.45) is 0 Å². The van der Waals surface area contributed by atoms with Crippen LogP contribution in [0.3, 0.4) is 0 Å². The van der Waals surface area contributed by atoms with Gasteiger partial charge < -0.3 is 10.0 Å². The summed E-state index contributed by atoms with van der Waals surface area (Å²) in [5.41, 5.74) is 0. The predicted octanol–water partition coefficient (Wildman–Crippen LogP) is 0.946. The number of aromatic nitrogens is 1. The average molecular weight is 255 g/mol. The van der Waals surface area contributed by atoms with Crippen LogP contribution in [0, 0.1) is 0 Å². The third kappa shape index (κ3) is 3.02. The van der Waals surface area contributed by atoms with Crippen LogP contribution in [0.25, 0.3) is 0 Å². The summed E-state index contributed by atoms with van der Waals surface area (Å²) >= 11 is 10.3. The molecule has 1 atom stereocenters. The molecule has 0 aliphatic carbocycles. The van der Waals surface area contributed by atoms with Crippen molar-refractivity contribution >= 4 is 59.6 Å². The molecule has 6 heteroatoms. The normalized spacial score (nSPS) is 20.2. The minimum atomic E-state index is -0.267. The third-order valence-corrected chi connectivity index (χ3v) is 3.19. The fourth-order valence-electron chi connectivity index (χ4n) is 1.58. The van der Waals surface area contributed by atoms with E-state index in [9.17, 15) is 5.11 Å². The van der Waals surface area contributed by atoms with E-state index in [0.717, 1.165) is 23.7 Å². The van der Waals surface area contributed by atoms with Gasteiger partial charge in [-0.2, -0.15) is 0 Å². The van der Waals surface area contributed by atoms with E-state index < -0.39 is 0 Å². The zero-order chi connectivity index (χ0) is 10.1. The average Bonchev–Trinajstić information content (AvgIpc) is 2.57. The molecule has 2 heterocycles. The van der Waals surface area contributed by atoms with Gasteiger partial charge in [-0.25, -0.2) is 4.98 Å². The fourth-order valence-corrected chi connectivity index (χ4v) is 1.98. The van der Waals surface area contributed by atoms with Gasteiger partial charge in [0.2, 0.25) is 0 Å². The molecular formula is C9H12ClN2NaOS. The zero-order valence-corrected chi connectivity index (χ0v) is 9.17. The summed E-state index contributed by atoms with van der Waals surface area (Å²) in [5.74, 6) is 0.718. The molecular weight excluding hydrogens is 243 g/mol. The van der Waals surface area contributed by atoms with Gasteiger partial charge in [0.25, 0.3) is 0 Å². The maximum absolute atomic E-state index is 9.39. The monoisotopic (exact) mass is 254 g/mol. The van der Waals surface area contributed by atoms with E-state index in [2.05, 4.69) is 17.6 Å². The van der Waals surface area contributed by atoms with E-state index in [1.807, 2.05) is 4.90 Å². The Labute approximate surface area is 122 Å². The number of pyridine rings is 1. The second-order valence-corrected chi connectivity index (χ2v) is 4.22. The molecule has 0 spiro atoms. The van der Waals surface area contributed by atoms with Crippen LogP contribution in [0.4, 0.5) is 5.82 Å². The van der Waals surface area contributed by atoms with Crippen LogP contribution in [0.2, 0.25) is 5.02 Å². The first kappa shape index (κ1) is 13.6. The summed E-state index contributed by atoms with van der Waals surface area (Å²) in [6, 6.07) is 1.75. The summed E-state index contributed by atoms with van der Waals surface area (Å²) in [6.45, 7) is 1.40. The topological polar surface area (TPSA) is 36.4 Å². The first-order valence-electron chi connectivity index (χ1n) is 4.45. The number of rotatable bonds is 1. The molecule has 1 aromatic heterocycles. The van der Waals surface area contributed by atoms with Gasteiger partial charge in [-0.05, 0) is 12.5 Å². The number of anilines is 1. The van der Waals surface area contributed by atoms with Crippen molar-refractivity contribution in [2.45, 2.75) is 17.4 Å². The summed E-state index contributed by atoms with van der Waals surface area (Å²) in [4.78, 5) is 6.89. The van der Waals surface area contributed by atoms with E-state index in [1.54, 1.807) is 12.3 Å². The van der Waals surface area contributed by atoms with Gasteiger partial charge in [0.15, 0.2) is 0 Å². The molecule has 0 unspecified atom stereocenters. The molecule has 1 aliphatic rings. The van der Waals surface area contributed by atoms with Gasteiger partial charge in [-0.1, -0.05) is 11.6 Å². The SMILES string of the molecule is O[C@H]1CCN(c2nccc(S)c2Cl)C1.[NaH]. The van der Waals surface area contributed by atoms with E-state index in [-0.39, 0.29) is 35.7 Å². The minimum absolute atomic E-state index is 0. The zero-order valence-electron chi connectivity index (χ0n) is 7.52. The molecule has 78 valence electrons. The number of β-amino-alcohol motifs (C(OH)–C–C–N with tert-alkyl or cyclic N) is 1. The molecule has 0 aromatic carbocycles. The number of thiol groups is 1. The molecule has 3 nitrogen and oxygen atoms in total. The number of aliphatic hydroxyl groups is 1. The molecule has 1 fully saturated rings. The van der Waals surface area contributed by atoms with Crippen LogP contribution in [-0.4, -0.2) is 58.8 Å². The summed E-state index contributed by atoms with van der Waals surface area (Å²) in [5, 5.41) is 9.95. The maximum atomic E-state index is 9.39. The molecule has 0 saturated carbocycles. The number of halogens is 1. The van der Waals surface area contributed by atoms with Crippen molar-refractivity contribution in [3.8, 4) is 0 Å². The number of nitrogens with zero attached hydrogens (tertiary/aromatic N) is 2. The Morgan fingerprint density at radius 3 is 2.93 bits per heavy atom. The molecule has 0 bridgehead atoms. The van der Waals surface area contributed by atoms with Crippen molar-refractivity contribution < 1.29 is 5.11 Å². The van der Waals surface area contributed by atoms with E-state index in [4.69, 9.17) is 11.6 Å². The van der Waals surface area contributed by atoms with Crippen LogP contribution >= 0.6 is 24.2 Å². The van der Waals surface area contributed by atoms with Crippen molar-refractivity contribution in [1.82, 2.24) is 4.98 Å². The molecule has 1 aromatic rings. The van der Waals surface area contributed by atoms with E-state index >= 15 is 0 Å². The van der Waals surface area contributed by atoms with Gasteiger partial charge in [0, 0.05) is 24.2 Å². The Morgan fingerprint density at radius 1 is 1.60 bits per heavy atom. The van der Waals surface area contributed by atoms with Crippen molar-refractivity contribution in [3.05, 3.63) is 17.3 Å². The van der Waals surface area contributed by atoms with Crippen LogP contribution in [0.5, 0.6) is 0 Å². The second-order valence-electron chi connectivity index (χ2n) is 3.36. The first-order chi connectivity index (χ1) is 6.68. The Bertz CT molecular complexity index is 353. The number of aliphatic hydroxyl groups excluding tert-OH is 1. The molecule has 2 rings (SSSR count). The molecule has 1 aliphatic heterocycles. The van der Waals surface area contributed by atoms with Gasteiger partial charge >= 0.3 is 29.6 Å². The third-order valence-electron chi connectivity index (χ3n) is 2.31. The molecule has 0 radical (unpaired) electrons.